The van der Waals surface area contributed by atoms with Crippen molar-refractivity contribution in [1.82, 2.24) is 0 Å². The molecule has 2 unspecified atom stereocenters. The van der Waals surface area contributed by atoms with Gasteiger partial charge in [0.25, 0.3) is 0 Å². The molecule has 0 aromatic carbocycles. The summed E-state index contributed by atoms with van der Waals surface area (Å²) in [5, 5.41) is 10.6. The molecule has 0 bridgehead atoms. The summed E-state index contributed by atoms with van der Waals surface area (Å²) in [6.07, 6.45) is 85.8. The van der Waals surface area contributed by atoms with E-state index in [2.05, 4.69) is 149 Å². The highest BCUT2D eigenvalue weighted by Crippen LogP contribution is 2.45. The van der Waals surface area contributed by atoms with Gasteiger partial charge in [-0.05, 0) is 161 Å². The highest BCUT2D eigenvalue weighted by molar-refractivity contribution is 7.47. The number of rotatable bonds is 75. The topological polar surface area (TPSA) is 237 Å². The van der Waals surface area contributed by atoms with Crippen LogP contribution < -0.4 is 0 Å². The van der Waals surface area contributed by atoms with E-state index >= 15 is 0 Å². The molecule has 3 N–H and O–H groups in total. The molecule has 0 aliphatic rings. The van der Waals surface area contributed by atoms with E-state index in [4.69, 9.17) is 37.0 Å². The lowest BCUT2D eigenvalue weighted by Crippen LogP contribution is -2.30. The Hall–Kier alpha value is -4.80. The van der Waals surface area contributed by atoms with E-state index in [0.29, 0.717) is 32.1 Å². The zero-order valence-electron chi connectivity index (χ0n) is 65.2. The normalized spacial score (nSPS) is 14.6. The van der Waals surface area contributed by atoms with Crippen molar-refractivity contribution in [2.45, 2.75) is 341 Å². The second-order valence-electron chi connectivity index (χ2n) is 26.6. The molecule has 0 saturated heterocycles. The van der Waals surface area contributed by atoms with E-state index in [0.717, 1.165) is 161 Å². The van der Waals surface area contributed by atoms with Gasteiger partial charge in [0, 0.05) is 25.7 Å². The summed E-state index contributed by atoms with van der Waals surface area (Å²) in [6, 6.07) is 0. The maximum atomic E-state index is 13.1. The number of phosphoric acid groups is 2. The summed E-state index contributed by atoms with van der Waals surface area (Å²) in [7, 11) is -9.99. The van der Waals surface area contributed by atoms with Crippen LogP contribution in [0.5, 0.6) is 0 Å². The van der Waals surface area contributed by atoms with Crippen LogP contribution in [0.1, 0.15) is 323 Å². The van der Waals surface area contributed by atoms with E-state index in [-0.39, 0.29) is 25.7 Å². The lowest BCUT2D eigenvalue weighted by atomic mass is 10.1. The van der Waals surface area contributed by atoms with Crippen molar-refractivity contribution in [3.05, 3.63) is 134 Å². The SMILES string of the molecule is CCCCC/C=C\C/C=C\C/C=C\C/C=C\C/C=C\CCC(=O)OC[C@H](COP(=O)(O)OC[C@@H](O)COP(=O)(O)OC[C@@H](COC(=O)CCCCCCC/C=C\C/C=C\CCCCC)OC(=O)CCCCCCC/C=C\C/C=C\CCCCC)OC(=O)CCCCCCC/C=C\C/C=C\CCCCC. The van der Waals surface area contributed by atoms with Gasteiger partial charge in [-0.15, -0.1) is 0 Å². The van der Waals surface area contributed by atoms with Crippen molar-refractivity contribution in [2.24, 2.45) is 0 Å². The van der Waals surface area contributed by atoms with Crippen molar-refractivity contribution in [1.29, 1.82) is 0 Å². The summed E-state index contributed by atoms with van der Waals surface area (Å²) < 4.78 is 68.5. The fraction of sp³-hybridized carbons (Fsp3) is 0.694. The van der Waals surface area contributed by atoms with Crippen LogP contribution in [0.25, 0.3) is 0 Å². The standard InChI is InChI=1S/C85H144O17P2/c1-5-9-13-17-21-25-29-33-37-38-39-40-44-46-50-54-58-62-66-70-83(88)96-76-81(102-85(90)72-68-64-60-56-52-48-43-36-32-28-24-20-16-12-8-4)78-100-104(93,94)98-74-79(86)73-97-103(91,92)99-77-80(101-84(89)71-67-63-59-55-51-47-42-35-31-27-23-19-15-11-7-3)75-95-82(87)69-65-61-57-53-49-45-41-34-30-26-22-18-14-10-6-2/h21-28,33-37,39-43,46,50,58,62,79-81,86H,5-20,29-32,38,44-45,47-49,51-57,59-61,63-78H2,1-4H3,(H,91,92)(H,93,94)/b25-21-,26-22-,27-23-,28-24-,37-33-,40-39-,41-34-,42-35-,43-36-,50-46-,62-58-/t79-,80+,81+/m0/s1. The highest BCUT2D eigenvalue weighted by Gasteiger charge is 2.30. The van der Waals surface area contributed by atoms with Gasteiger partial charge in [-0.25, -0.2) is 9.13 Å². The van der Waals surface area contributed by atoms with Gasteiger partial charge in [0.05, 0.1) is 26.4 Å². The van der Waals surface area contributed by atoms with Gasteiger partial charge in [0.1, 0.15) is 19.3 Å². The molecule has 0 aliphatic heterocycles. The van der Waals surface area contributed by atoms with E-state index in [1.807, 2.05) is 12.2 Å². The number of aliphatic hydroxyl groups is 1. The van der Waals surface area contributed by atoms with Crippen LogP contribution in [0.2, 0.25) is 0 Å². The quantitative estimate of drug-likeness (QED) is 0.0169. The molecule has 0 fully saturated rings. The van der Waals surface area contributed by atoms with Crippen molar-refractivity contribution in [3.63, 3.8) is 0 Å². The summed E-state index contributed by atoms with van der Waals surface area (Å²) in [5.41, 5.74) is 0. The maximum absolute atomic E-state index is 13.1. The van der Waals surface area contributed by atoms with E-state index in [1.54, 1.807) is 0 Å². The monoisotopic (exact) mass is 1500 g/mol. The number of unbranched alkanes of at least 4 members (excludes halogenated alkanes) is 27. The van der Waals surface area contributed by atoms with Crippen LogP contribution >= 0.6 is 15.6 Å². The van der Waals surface area contributed by atoms with Gasteiger partial charge in [0.2, 0.25) is 0 Å². The van der Waals surface area contributed by atoms with Gasteiger partial charge >= 0.3 is 39.5 Å². The largest absolute Gasteiger partial charge is 0.472 e. The third kappa shape index (κ3) is 75.4. The second kappa shape index (κ2) is 76.4. The van der Waals surface area contributed by atoms with Crippen LogP contribution in [0.4, 0.5) is 0 Å². The predicted octanol–water partition coefficient (Wildman–Crippen LogP) is 23.7. The van der Waals surface area contributed by atoms with Crippen LogP contribution in [0.3, 0.4) is 0 Å². The molecular weight excluding hydrogens is 1350 g/mol. The maximum Gasteiger partial charge on any atom is 0.472 e. The first-order chi connectivity index (χ1) is 50.7. The fourth-order valence-electron chi connectivity index (χ4n) is 10.4. The Bertz CT molecular complexity index is 2490. The lowest BCUT2D eigenvalue weighted by molar-refractivity contribution is -0.161. The Kier molecular flexibility index (Phi) is 72.9. The number of ether oxygens (including phenoxy) is 4. The Morgan fingerprint density at radius 2 is 0.490 bits per heavy atom. The summed E-state index contributed by atoms with van der Waals surface area (Å²) in [5.74, 6) is -2.32. The van der Waals surface area contributed by atoms with Crippen molar-refractivity contribution < 1.29 is 80.2 Å². The zero-order chi connectivity index (χ0) is 76.0. The minimum absolute atomic E-state index is 0.0318. The molecule has 596 valence electrons. The first-order valence-corrected chi connectivity index (χ1v) is 43.4. The average Bonchev–Trinajstić information content (AvgIpc) is 0.918. The summed E-state index contributed by atoms with van der Waals surface area (Å²) >= 11 is 0. The van der Waals surface area contributed by atoms with E-state index in [1.165, 1.54) is 77.0 Å². The van der Waals surface area contributed by atoms with Crippen LogP contribution in [-0.4, -0.2) is 96.7 Å². The molecule has 5 atom stereocenters. The minimum atomic E-state index is -5.00. The molecule has 0 radical (unpaired) electrons. The first kappa shape index (κ1) is 99.2. The lowest BCUT2D eigenvalue weighted by Gasteiger charge is -2.21. The smallest absolute Gasteiger partial charge is 0.462 e. The van der Waals surface area contributed by atoms with Crippen molar-refractivity contribution in [3.8, 4) is 0 Å². The van der Waals surface area contributed by atoms with Crippen LogP contribution in [0.15, 0.2) is 134 Å². The second-order valence-corrected chi connectivity index (χ2v) is 29.5. The third-order valence-corrected chi connectivity index (χ3v) is 18.5. The van der Waals surface area contributed by atoms with Gasteiger partial charge in [-0.2, -0.15) is 0 Å². The van der Waals surface area contributed by atoms with Gasteiger partial charge in [0.15, 0.2) is 12.2 Å². The van der Waals surface area contributed by atoms with Crippen molar-refractivity contribution >= 4 is 39.5 Å². The molecule has 0 amide bonds. The molecule has 0 spiro atoms. The van der Waals surface area contributed by atoms with Crippen LogP contribution in [0, 0.1) is 0 Å². The number of carbonyl (C=O) groups excluding carboxylic acids is 4. The molecule has 0 rings (SSSR count). The van der Waals surface area contributed by atoms with Crippen molar-refractivity contribution in [2.75, 3.05) is 39.6 Å². The van der Waals surface area contributed by atoms with Gasteiger partial charge in [-0.1, -0.05) is 271 Å². The Balaban J connectivity index is 5.46. The molecule has 0 heterocycles. The number of phosphoric ester groups is 2. The Labute approximate surface area is 631 Å². The third-order valence-electron chi connectivity index (χ3n) is 16.6. The molecule has 0 aromatic rings. The van der Waals surface area contributed by atoms with E-state index in [9.17, 15) is 43.2 Å². The first-order valence-electron chi connectivity index (χ1n) is 40.4. The number of hydrogen-bond donors (Lipinski definition) is 3. The minimum Gasteiger partial charge on any atom is -0.462 e. The molecule has 0 aliphatic carbocycles. The zero-order valence-corrected chi connectivity index (χ0v) is 66.9. The molecule has 19 heteroatoms. The van der Waals surface area contributed by atoms with E-state index < -0.39 is 97.5 Å². The van der Waals surface area contributed by atoms with Gasteiger partial charge in [-0.3, -0.25) is 37.3 Å². The fourth-order valence-corrected chi connectivity index (χ4v) is 11.9. The number of carbonyl (C=O) groups is 4. The Morgan fingerprint density at radius 3 is 0.779 bits per heavy atom. The number of aliphatic hydroxyl groups excluding tert-OH is 1. The van der Waals surface area contributed by atoms with Gasteiger partial charge < -0.3 is 33.8 Å². The number of allylic oxidation sites excluding steroid dienone is 22. The molecule has 0 aromatic heterocycles. The summed E-state index contributed by atoms with van der Waals surface area (Å²) in [6.45, 7) is 4.65. The molecule has 0 saturated carbocycles. The average molecular weight is 1500 g/mol. The number of hydrogen-bond acceptors (Lipinski definition) is 15. The Morgan fingerprint density at radius 1 is 0.269 bits per heavy atom. The predicted molar refractivity (Wildman–Crippen MR) is 427 cm³/mol. The molecule has 104 heavy (non-hydrogen) atoms. The molecule has 17 nitrogen and oxygen atoms in total. The van der Waals surface area contributed by atoms with Crippen LogP contribution in [-0.2, 0) is 65.4 Å². The highest BCUT2D eigenvalue weighted by atomic mass is 31.2. The number of esters is 4. The summed E-state index contributed by atoms with van der Waals surface area (Å²) in [4.78, 5) is 73.0. The molecular formula is C85H144O17P2.